The van der Waals surface area contributed by atoms with Crippen molar-refractivity contribution in [1.29, 1.82) is 0 Å². The molecule has 0 fully saturated rings. The minimum atomic E-state index is -3.68. The molecule has 1 atom stereocenters. The van der Waals surface area contributed by atoms with Gasteiger partial charge in [0.05, 0.1) is 10.6 Å². The number of fused-ring (bicyclic) bond motifs is 5. The largest absolute Gasteiger partial charge is 0.460 e. The lowest BCUT2D eigenvalue weighted by Gasteiger charge is -2.16. The van der Waals surface area contributed by atoms with Gasteiger partial charge < -0.3 is 4.42 Å². The number of benzene rings is 3. The molecule has 0 bridgehead atoms. The third-order valence-electron chi connectivity index (χ3n) is 5.88. The maximum Gasteiger partial charge on any atom is 0.261 e. The quantitative estimate of drug-likeness (QED) is 0.467. The predicted molar refractivity (Wildman–Crippen MR) is 117 cm³/mol. The van der Waals surface area contributed by atoms with Gasteiger partial charge in [0.25, 0.3) is 10.0 Å². The lowest BCUT2D eigenvalue weighted by molar-refractivity contribution is 0.427. The van der Waals surface area contributed by atoms with Crippen molar-refractivity contribution in [3.05, 3.63) is 71.5 Å². The molecule has 0 saturated heterocycles. The highest BCUT2D eigenvalue weighted by Gasteiger charge is 2.25. The van der Waals surface area contributed by atoms with Gasteiger partial charge in [0.15, 0.2) is 0 Å². The molecule has 4 nitrogen and oxygen atoms in total. The Bertz CT molecular complexity index is 1330. The SMILES string of the molecule is Cc1ccc(S(=O)(=O)Nc2cc3c4c(oc3c3ccccc23)CC(C)CC4)cc1. The Kier molecular flexibility index (Phi) is 4.17. The number of anilines is 1. The van der Waals surface area contributed by atoms with Gasteiger partial charge in [-0.1, -0.05) is 48.9 Å². The fourth-order valence-electron chi connectivity index (χ4n) is 4.27. The van der Waals surface area contributed by atoms with E-state index in [1.807, 2.05) is 49.4 Å². The van der Waals surface area contributed by atoms with E-state index in [2.05, 4.69) is 11.6 Å². The molecule has 0 aliphatic heterocycles. The third-order valence-corrected chi connectivity index (χ3v) is 7.26. The number of hydrogen-bond donors (Lipinski definition) is 1. The van der Waals surface area contributed by atoms with Crippen molar-refractivity contribution in [1.82, 2.24) is 0 Å². The van der Waals surface area contributed by atoms with E-state index in [1.54, 1.807) is 12.1 Å². The zero-order valence-electron chi connectivity index (χ0n) is 16.5. The van der Waals surface area contributed by atoms with Crippen molar-refractivity contribution < 1.29 is 12.8 Å². The summed E-state index contributed by atoms with van der Waals surface area (Å²) in [7, 11) is -3.68. The van der Waals surface area contributed by atoms with E-state index in [9.17, 15) is 8.42 Å². The van der Waals surface area contributed by atoms with Crippen LogP contribution < -0.4 is 4.72 Å². The average molecular weight is 406 g/mol. The number of sulfonamides is 1. The van der Waals surface area contributed by atoms with Crippen LogP contribution in [-0.4, -0.2) is 8.42 Å². The highest BCUT2D eigenvalue weighted by molar-refractivity contribution is 7.92. The maximum absolute atomic E-state index is 13.0. The molecule has 1 N–H and O–H groups in total. The first-order chi connectivity index (χ1) is 13.9. The Hall–Kier alpha value is -2.79. The molecule has 5 rings (SSSR count). The second-order valence-electron chi connectivity index (χ2n) is 8.12. The van der Waals surface area contributed by atoms with Gasteiger partial charge in [-0.15, -0.1) is 0 Å². The predicted octanol–water partition coefficient (Wildman–Crippen LogP) is 5.82. The van der Waals surface area contributed by atoms with Gasteiger partial charge in [0, 0.05) is 28.1 Å². The smallest absolute Gasteiger partial charge is 0.261 e. The molecular weight excluding hydrogens is 382 g/mol. The zero-order chi connectivity index (χ0) is 20.2. The summed E-state index contributed by atoms with van der Waals surface area (Å²) in [6.07, 6.45) is 3.02. The fraction of sp³-hybridized carbons (Fsp3) is 0.250. The van der Waals surface area contributed by atoms with Crippen molar-refractivity contribution in [2.45, 2.75) is 38.0 Å². The Morgan fingerprint density at radius 1 is 1.00 bits per heavy atom. The van der Waals surface area contributed by atoms with Crippen LogP contribution in [0.3, 0.4) is 0 Å². The summed E-state index contributed by atoms with van der Waals surface area (Å²) in [5.74, 6) is 1.65. The van der Waals surface area contributed by atoms with Crippen LogP contribution >= 0.6 is 0 Å². The molecule has 4 aromatic rings. The molecule has 148 valence electrons. The van der Waals surface area contributed by atoms with E-state index in [0.29, 0.717) is 11.6 Å². The van der Waals surface area contributed by atoms with Gasteiger partial charge in [-0.25, -0.2) is 8.42 Å². The topological polar surface area (TPSA) is 59.3 Å². The highest BCUT2D eigenvalue weighted by Crippen LogP contribution is 2.40. The number of nitrogens with one attached hydrogen (secondary N) is 1. The van der Waals surface area contributed by atoms with Gasteiger partial charge >= 0.3 is 0 Å². The average Bonchev–Trinajstić information content (AvgIpc) is 3.06. The molecular formula is C24H23NO3S. The van der Waals surface area contributed by atoms with Crippen molar-refractivity contribution in [3.63, 3.8) is 0 Å². The van der Waals surface area contributed by atoms with Crippen LogP contribution in [0.15, 0.2) is 63.9 Å². The molecule has 1 unspecified atom stereocenters. The van der Waals surface area contributed by atoms with Crippen LogP contribution in [0, 0.1) is 12.8 Å². The van der Waals surface area contributed by atoms with Crippen LogP contribution in [0.25, 0.3) is 21.7 Å². The lowest BCUT2D eigenvalue weighted by atomic mass is 9.88. The van der Waals surface area contributed by atoms with Crippen LogP contribution in [-0.2, 0) is 22.9 Å². The van der Waals surface area contributed by atoms with E-state index in [0.717, 1.165) is 52.3 Å². The Morgan fingerprint density at radius 2 is 1.72 bits per heavy atom. The second kappa shape index (κ2) is 6.63. The first-order valence-electron chi connectivity index (χ1n) is 9.98. The normalized spacial score (nSPS) is 16.8. The summed E-state index contributed by atoms with van der Waals surface area (Å²) in [6.45, 7) is 4.18. The first kappa shape index (κ1) is 18.3. The van der Waals surface area contributed by atoms with Gasteiger partial charge in [-0.3, -0.25) is 4.72 Å². The van der Waals surface area contributed by atoms with Crippen LogP contribution in [0.5, 0.6) is 0 Å². The van der Waals surface area contributed by atoms with Crippen molar-refractivity contribution in [2.24, 2.45) is 5.92 Å². The standard InChI is InChI=1S/C24H23NO3S/c1-15-7-10-17(11-8-15)29(26,27)25-22-14-21-19-12-9-16(2)13-23(19)28-24(21)20-6-4-3-5-18(20)22/h3-8,10-11,14,16,25H,9,12-13H2,1-2H3. The monoisotopic (exact) mass is 405 g/mol. The molecule has 29 heavy (non-hydrogen) atoms. The molecule has 0 saturated carbocycles. The van der Waals surface area contributed by atoms with Crippen LogP contribution in [0.2, 0.25) is 0 Å². The van der Waals surface area contributed by atoms with Gasteiger partial charge in [0.1, 0.15) is 11.3 Å². The van der Waals surface area contributed by atoms with Gasteiger partial charge in [-0.2, -0.15) is 0 Å². The van der Waals surface area contributed by atoms with E-state index >= 15 is 0 Å². The number of furan rings is 1. The number of hydrogen-bond acceptors (Lipinski definition) is 3. The molecule has 5 heteroatoms. The van der Waals surface area contributed by atoms with Gasteiger partial charge in [0.2, 0.25) is 0 Å². The van der Waals surface area contributed by atoms with E-state index in [1.165, 1.54) is 5.56 Å². The van der Waals surface area contributed by atoms with Crippen LogP contribution in [0.4, 0.5) is 5.69 Å². The molecule has 0 spiro atoms. The maximum atomic E-state index is 13.0. The summed E-state index contributed by atoms with van der Waals surface area (Å²) in [4.78, 5) is 0.260. The Labute approximate surface area is 170 Å². The summed E-state index contributed by atoms with van der Waals surface area (Å²) >= 11 is 0. The third kappa shape index (κ3) is 3.10. The van der Waals surface area contributed by atoms with E-state index < -0.39 is 10.0 Å². The molecule has 0 radical (unpaired) electrons. The molecule has 1 aromatic heterocycles. The molecule has 1 heterocycles. The number of rotatable bonds is 3. The minimum absolute atomic E-state index is 0.260. The summed E-state index contributed by atoms with van der Waals surface area (Å²) in [5, 5.41) is 2.80. The fourth-order valence-corrected chi connectivity index (χ4v) is 5.34. The van der Waals surface area contributed by atoms with Gasteiger partial charge in [-0.05, 0) is 43.9 Å². The second-order valence-corrected chi connectivity index (χ2v) is 9.80. The molecule has 1 aliphatic carbocycles. The van der Waals surface area contributed by atoms with Crippen molar-refractivity contribution >= 4 is 37.5 Å². The molecule has 0 amide bonds. The number of aryl methyl sites for hydroxylation is 2. The Balaban J connectivity index is 1.69. The first-order valence-corrected chi connectivity index (χ1v) is 11.5. The van der Waals surface area contributed by atoms with E-state index in [4.69, 9.17) is 4.42 Å². The van der Waals surface area contributed by atoms with Crippen molar-refractivity contribution in [3.8, 4) is 0 Å². The highest BCUT2D eigenvalue weighted by atomic mass is 32.2. The van der Waals surface area contributed by atoms with Crippen LogP contribution in [0.1, 0.15) is 30.2 Å². The Morgan fingerprint density at radius 3 is 2.48 bits per heavy atom. The summed E-state index contributed by atoms with van der Waals surface area (Å²) in [5.41, 5.74) is 3.70. The zero-order valence-corrected chi connectivity index (χ0v) is 17.3. The molecule has 3 aromatic carbocycles. The lowest BCUT2D eigenvalue weighted by Crippen LogP contribution is -2.13. The minimum Gasteiger partial charge on any atom is -0.460 e. The summed E-state index contributed by atoms with van der Waals surface area (Å²) < 4.78 is 35.2. The molecule has 1 aliphatic rings. The summed E-state index contributed by atoms with van der Waals surface area (Å²) in [6, 6.07) is 16.7. The van der Waals surface area contributed by atoms with Crippen molar-refractivity contribution in [2.75, 3.05) is 4.72 Å². The van der Waals surface area contributed by atoms with E-state index in [-0.39, 0.29) is 4.90 Å².